The van der Waals surface area contributed by atoms with E-state index in [1.807, 2.05) is 0 Å². The molecule has 0 spiro atoms. The molecule has 0 fully saturated rings. The molecule has 1 aromatic carbocycles. The van der Waals surface area contributed by atoms with Crippen molar-refractivity contribution in [1.82, 2.24) is 0 Å². The van der Waals surface area contributed by atoms with Crippen LogP contribution < -0.4 is 10.5 Å². The molecule has 1 atom stereocenters. The second-order valence-corrected chi connectivity index (χ2v) is 5.37. The average molecular weight is 219 g/mol. The first-order chi connectivity index (χ1) is 7.52. The van der Waals surface area contributed by atoms with Crippen LogP contribution in [0.4, 0.5) is 0 Å². The average Bonchev–Trinajstić information content (AvgIpc) is 2.25. The molecule has 2 N–H and O–H groups in total. The first-order valence-corrected chi connectivity index (χ1v) is 6.04. The maximum Gasteiger partial charge on any atom is 0.123 e. The van der Waals surface area contributed by atoms with Gasteiger partial charge in [-0.2, -0.15) is 0 Å². The van der Waals surface area contributed by atoms with Gasteiger partial charge in [0, 0.05) is 0 Å². The van der Waals surface area contributed by atoms with Crippen LogP contribution in [-0.2, 0) is 6.42 Å². The van der Waals surface area contributed by atoms with E-state index in [0.29, 0.717) is 12.5 Å². The van der Waals surface area contributed by atoms with Crippen LogP contribution in [0.3, 0.4) is 0 Å². The lowest BCUT2D eigenvalue weighted by atomic mass is 9.91. The van der Waals surface area contributed by atoms with E-state index in [4.69, 9.17) is 10.5 Å². The van der Waals surface area contributed by atoms with Crippen LogP contribution in [0.15, 0.2) is 18.2 Å². The molecule has 1 aliphatic rings. The monoisotopic (exact) mass is 219 g/mol. The number of fused-ring (bicyclic) bond motifs is 1. The highest BCUT2D eigenvalue weighted by Gasteiger charge is 2.26. The summed E-state index contributed by atoms with van der Waals surface area (Å²) >= 11 is 0. The Balaban J connectivity index is 2.31. The first kappa shape index (κ1) is 11.5. The highest BCUT2D eigenvalue weighted by atomic mass is 16.5. The molecule has 0 radical (unpaired) electrons. The van der Waals surface area contributed by atoms with Gasteiger partial charge >= 0.3 is 0 Å². The fraction of sp³-hybridized carbons (Fsp3) is 0.571. The lowest BCUT2D eigenvalue weighted by molar-refractivity contribution is 0.0845. The first-order valence-electron chi connectivity index (χ1n) is 6.04. The summed E-state index contributed by atoms with van der Waals surface area (Å²) in [6, 6.07) is 6.53. The van der Waals surface area contributed by atoms with E-state index in [9.17, 15) is 0 Å². The van der Waals surface area contributed by atoms with E-state index < -0.39 is 0 Å². The highest BCUT2D eigenvalue weighted by molar-refractivity contribution is 5.40. The molecule has 1 aliphatic heterocycles. The lowest BCUT2D eigenvalue weighted by Gasteiger charge is -2.33. The summed E-state index contributed by atoms with van der Waals surface area (Å²) in [7, 11) is 0. The molecule has 2 heteroatoms. The van der Waals surface area contributed by atoms with Gasteiger partial charge in [-0.25, -0.2) is 0 Å². The van der Waals surface area contributed by atoms with Gasteiger partial charge in [0.05, 0.1) is 0 Å². The van der Waals surface area contributed by atoms with Crippen molar-refractivity contribution in [2.45, 2.75) is 45.1 Å². The van der Waals surface area contributed by atoms with E-state index in [1.54, 1.807) is 0 Å². The molecule has 1 heterocycles. The smallest absolute Gasteiger partial charge is 0.123 e. The Hall–Kier alpha value is -1.02. The van der Waals surface area contributed by atoms with E-state index in [-0.39, 0.29) is 5.60 Å². The minimum absolute atomic E-state index is 0.0302. The van der Waals surface area contributed by atoms with Crippen molar-refractivity contribution in [2.24, 2.45) is 5.73 Å². The van der Waals surface area contributed by atoms with Crippen LogP contribution in [0.5, 0.6) is 5.75 Å². The molecule has 1 aromatic rings. The third-order valence-corrected chi connectivity index (χ3v) is 3.40. The number of hydrogen-bond donors (Lipinski definition) is 1. The van der Waals surface area contributed by atoms with Crippen LogP contribution in [0.25, 0.3) is 0 Å². The van der Waals surface area contributed by atoms with Crippen molar-refractivity contribution in [1.29, 1.82) is 0 Å². The molecule has 0 bridgehead atoms. The van der Waals surface area contributed by atoms with Gasteiger partial charge < -0.3 is 10.5 Å². The number of benzene rings is 1. The summed E-state index contributed by atoms with van der Waals surface area (Å²) in [6.07, 6.45) is 2.20. The molecule has 0 saturated carbocycles. The van der Waals surface area contributed by atoms with Crippen molar-refractivity contribution >= 4 is 0 Å². The normalized spacial score (nSPS) is 19.8. The van der Waals surface area contributed by atoms with Crippen LogP contribution in [0.1, 0.15) is 44.2 Å². The zero-order chi connectivity index (χ0) is 11.8. The SMILES string of the molecule is CC(CN)c1ccc2c(c1)OC(C)(C)CC2. The molecule has 0 aromatic heterocycles. The Labute approximate surface area is 97.8 Å². The van der Waals surface area contributed by atoms with Gasteiger partial charge in [-0.3, -0.25) is 0 Å². The van der Waals surface area contributed by atoms with Gasteiger partial charge in [-0.15, -0.1) is 0 Å². The van der Waals surface area contributed by atoms with Crippen LogP contribution in [-0.4, -0.2) is 12.1 Å². The van der Waals surface area contributed by atoms with Gasteiger partial charge in [-0.05, 0) is 56.3 Å². The Morgan fingerprint density at radius 1 is 1.44 bits per heavy atom. The Kier molecular flexibility index (Phi) is 2.94. The van der Waals surface area contributed by atoms with Gasteiger partial charge in [0.1, 0.15) is 11.4 Å². The maximum absolute atomic E-state index is 6.01. The van der Waals surface area contributed by atoms with Gasteiger partial charge in [0.15, 0.2) is 0 Å². The van der Waals surface area contributed by atoms with Crippen molar-refractivity contribution in [2.75, 3.05) is 6.54 Å². The summed E-state index contributed by atoms with van der Waals surface area (Å²) in [4.78, 5) is 0. The number of nitrogens with two attached hydrogens (primary N) is 1. The fourth-order valence-electron chi connectivity index (χ4n) is 2.10. The van der Waals surface area contributed by atoms with Gasteiger partial charge in [0.25, 0.3) is 0 Å². The van der Waals surface area contributed by atoms with E-state index in [2.05, 4.69) is 39.0 Å². The second kappa shape index (κ2) is 4.10. The predicted octanol–water partition coefficient (Wildman–Crippen LogP) is 2.85. The quantitative estimate of drug-likeness (QED) is 0.830. The summed E-state index contributed by atoms with van der Waals surface area (Å²) < 4.78 is 6.01. The van der Waals surface area contributed by atoms with Crippen LogP contribution in [0, 0.1) is 0 Å². The third-order valence-electron chi connectivity index (χ3n) is 3.40. The highest BCUT2D eigenvalue weighted by Crippen LogP contribution is 2.34. The zero-order valence-corrected chi connectivity index (χ0v) is 10.4. The molecule has 1 unspecified atom stereocenters. The van der Waals surface area contributed by atoms with Crippen molar-refractivity contribution in [3.8, 4) is 5.75 Å². The summed E-state index contributed by atoms with van der Waals surface area (Å²) in [5.41, 5.74) is 8.27. The number of rotatable bonds is 2. The standard InChI is InChI=1S/C14H21NO/c1-10(9-15)12-5-4-11-6-7-14(2,3)16-13(11)8-12/h4-5,8,10H,6-7,9,15H2,1-3H3. The van der Waals surface area contributed by atoms with Gasteiger partial charge in [-0.1, -0.05) is 19.1 Å². The molecule has 0 amide bonds. The van der Waals surface area contributed by atoms with E-state index >= 15 is 0 Å². The number of ether oxygens (including phenoxy) is 1. The minimum Gasteiger partial charge on any atom is -0.488 e. The van der Waals surface area contributed by atoms with Crippen LogP contribution in [0.2, 0.25) is 0 Å². The zero-order valence-electron chi connectivity index (χ0n) is 10.4. The maximum atomic E-state index is 6.01. The number of aryl methyl sites for hydroxylation is 1. The largest absolute Gasteiger partial charge is 0.488 e. The molecule has 88 valence electrons. The molecular formula is C14H21NO. The Morgan fingerprint density at radius 2 is 2.19 bits per heavy atom. The van der Waals surface area contributed by atoms with Gasteiger partial charge in [0.2, 0.25) is 0 Å². The molecule has 0 aliphatic carbocycles. The molecule has 2 rings (SSSR count). The second-order valence-electron chi connectivity index (χ2n) is 5.37. The molecule has 16 heavy (non-hydrogen) atoms. The van der Waals surface area contributed by atoms with Crippen molar-refractivity contribution < 1.29 is 4.74 Å². The Morgan fingerprint density at radius 3 is 2.88 bits per heavy atom. The predicted molar refractivity (Wildman–Crippen MR) is 66.9 cm³/mol. The number of hydrogen-bond acceptors (Lipinski definition) is 2. The Bertz CT molecular complexity index is 384. The fourth-order valence-corrected chi connectivity index (χ4v) is 2.10. The third kappa shape index (κ3) is 2.22. The van der Waals surface area contributed by atoms with E-state index in [1.165, 1.54) is 11.1 Å². The van der Waals surface area contributed by atoms with Crippen molar-refractivity contribution in [3.05, 3.63) is 29.3 Å². The molecular weight excluding hydrogens is 198 g/mol. The van der Waals surface area contributed by atoms with E-state index in [0.717, 1.165) is 18.6 Å². The molecule has 2 nitrogen and oxygen atoms in total. The minimum atomic E-state index is -0.0302. The summed E-state index contributed by atoms with van der Waals surface area (Å²) in [5, 5.41) is 0. The molecule has 0 saturated heterocycles. The van der Waals surface area contributed by atoms with Crippen molar-refractivity contribution in [3.63, 3.8) is 0 Å². The van der Waals surface area contributed by atoms with Crippen LogP contribution >= 0.6 is 0 Å². The lowest BCUT2D eigenvalue weighted by Crippen LogP contribution is -2.32. The summed E-state index contributed by atoms with van der Waals surface area (Å²) in [6.45, 7) is 7.13. The summed E-state index contributed by atoms with van der Waals surface area (Å²) in [5.74, 6) is 1.45. The topological polar surface area (TPSA) is 35.2 Å².